The van der Waals surface area contributed by atoms with Gasteiger partial charge in [-0.15, -0.1) is 11.3 Å². The van der Waals surface area contributed by atoms with E-state index in [0.717, 1.165) is 17.8 Å². The van der Waals surface area contributed by atoms with Gasteiger partial charge in [0.15, 0.2) is 7.85 Å². The molecule has 0 atom stereocenters. The van der Waals surface area contributed by atoms with Crippen LogP contribution in [0.1, 0.15) is 23.0 Å². The average molecular weight is 181 g/mol. The molecule has 0 bridgehead atoms. The second kappa shape index (κ2) is 4.31. The molecule has 1 heterocycles. The Hall–Kier alpha value is -0.765. The summed E-state index contributed by atoms with van der Waals surface area (Å²) >= 11 is 1.53. The molecule has 1 aromatic heterocycles. The molecule has 0 radical (unpaired) electrons. The van der Waals surface area contributed by atoms with Gasteiger partial charge in [-0.2, -0.15) is 0 Å². The van der Waals surface area contributed by atoms with Gasteiger partial charge in [0, 0.05) is 6.54 Å². The average Bonchev–Trinajstić information content (AvgIpc) is 2.47. The van der Waals surface area contributed by atoms with Crippen molar-refractivity contribution in [1.29, 1.82) is 0 Å². The number of nitrogens with one attached hydrogen (secondary N) is 1. The molecule has 0 fully saturated rings. The van der Waals surface area contributed by atoms with Crippen molar-refractivity contribution in [3.63, 3.8) is 0 Å². The van der Waals surface area contributed by atoms with Crippen LogP contribution in [0.25, 0.3) is 0 Å². The maximum atomic E-state index is 11.3. The number of carbonyl (C=O) groups is 1. The van der Waals surface area contributed by atoms with E-state index in [1.165, 1.54) is 16.1 Å². The van der Waals surface area contributed by atoms with Gasteiger partial charge in [-0.3, -0.25) is 4.79 Å². The van der Waals surface area contributed by atoms with E-state index in [4.69, 9.17) is 0 Å². The zero-order chi connectivity index (χ0) is 8.97. The van der Waals surface area contributed by atoms with E-state index in [1.54, 1.807) is 0 Å². The molecule has 2 nitrogen and oxygen atoms in total. The molecule has 0 aliphatic rings. The lowest BCUT2D eigenvalue weighted by Gasteiger charge is -1.98. The van der Waals surface area contributed by atoms with Crippen LogP contribution in [0.3, 0.4) is 0 Å². The summed E-state index contributed by atoms with van der Waals surface area (Å²) in [5.74, 6) is 0.0509. The summed E-state index contributed by atoms with van der Waals surface area (Å²) in [6.07, 6.45) is 0.982. The second-order valence-electron chi connectivity index (χ2n) is 2.67. The summed E-state index contributed by atoms with van der Waals surface area (Å²) in [7, 11) is 2.00. The number of thiophene rings is 1. The van der Waals surface area contributed by atoms with Gasteiger partial charge in [0.25, 0.3) is 5.91 Å². The highest BCUT2D eigenvalue weighted by atomic mass is 32.1. The third kappa shape index (κ3) is 2.38. The summed E-state index contributed by atoms with van der Waals surface area (Å²) in [6, 6.07) is 3.83. The molecule has 1 N–H and O–H groups in total. The number of hydrogen-bond donors (Lipinski definition) is 1. The molecule has 0 saturated carbocycles. The smallest absolute Gasteiger partial charge is 0.261 e. The molecule has 64 valence electrons. The van der Waals surface area contributed by atoms with Crippen LogP contribution in [0, 0.1) is 0 Å². The van der Waals surface area contributed by atoms with Gasteiger partial charge in [-0.25, -0.2) is 0 Å². The number of hydrogen-bond acceptors (Lipinski definition) is 2. The quantitative estimate of drug-likeness (QED) is 0.660. The maximum Gasteiger partial charge on any atom is 0.261 e. The third-order valence-corrected chi connectivity index (χ3v) is 2.50. The molecular weight excluding hydrogens is 169 g/mol. The highest BCUT2D eigenvalue weighted by molar-refractivity contribution is 7.21. The van der Waals surface area contributed by atoms with Crippen LogP contribution in [0.4, 0.5) is 0 Å². The summed E-state index contributed by atoms with van der Waals surface area (Å²) in [5.41, 5.74) is 0. The molecule has 0 aliphatic carbocycles. The molecule has 0 saturated heterocycles. The Morgan fingerprint density at radius 2 is 2.42 bits per heavy atom. The van der Waals surface area contributed by atoms with Gasteiger partial charge in [0.2, 0.25) is 0 Å². The van der Waals surface area contributed by atoms with E-state index in [9.17, 15) is 4.79 Å². The van der Waals surface area contributed by atoms with Crippen molar-refractivity contribution in [2.75, 3.05) is 6.54 Å². The van der Waals surface area contributed by atoms with Crippen LogP contribution in [0.5, 0.6) is 0 Å². The molecule has 4 heteroatoms. The Balaban J connectivity index is 2.53. The summed E-state index contributed by atoms with van der Waals surface area (Å²) in [5, 5.41) is 2.83. The monoisotopic (exact) mass is 181 g/mol. The van der Waals surface area contributed by atoms with Gasteiger partial charge in [0.1, 0.15) is 0 Å². The number of amides is 1. The van der Waals surface area contributed by atoms with Crippen LogP contribution >= 0.6 is 11.3 Å². The third-order valence-electron chi connectivity index (χ3n) is 1.50. The molecular formula is C8H12BNOS. The Morgan fingerprint density at radius 3 is 2.92 bits per heavy atom. The van der Waals surface area contributed by atoms with E-state index in [0.29, 0.717) is 0 Å². The lowest BCUT2D eigenvalue weighted by atomic mass is 10.1. The van der Waals surface area contributed by atoms with Crippen molar-refractivity contribution in [1.82, 2.24) is 5.32 Å². The first-order valence-corrected chi connectivity index (χ1v) is 4.90. The molecule has 1 amide bonds. The zero-order valence-electron chi connectivity index (χ0n) is 7.39. The minimum atomic E-state index is 0.0509. The fourth-order valence-electron chi connectivity index (χ4n) is 0.882. The lowest BCUT2D eigenvalue weighted by molar-refractivity contribution is 0.0957. The minimum absolute atomic E-state index is 0.0509. The second-order valence-corrected chi connectivity index (χ2v) is 3.95. The molecule has 0 aromatic carbocycles. The van der Waals surface area contributed by atoms with Crippen LogP contribution < -0.4 is 10.1 Å². The zero-order valence-corrected chi connectivity index (χ0v) is 8.20. The summed E-state index contributed by atoms with van der Waals surface area (Å²) in [4.78, 5) is 12.1. The van der Waals surface area contributed by atoms with Gasteiger partial charge in [0.05, 0.1) is 4.88 Å². The summed E-state index contributed by atoms with van der Waals surface area (Å²) < 4.78 is 1.18. The molecule has 0 spiro atoms. The van der Waals surface area contributed by atoms with E-state index < -0.39 is 0 Å². The van der Waals surface area contributed by atoms with Crippen molar-refractivity contribution in [2.24, 2.45) is 0 Å². The molecule has 0 unspecified atom stereocenters. The van der Waals surface area contributed by atoms with Gasteiger partial charge < -0.3 is 5.32 Å². The van der Waals surface area contributed by atoms with Crippen molar-refractivity contribution >= 4 is 29.9 Å². The highest BCUT2D eigenvalue weighted by Gasteiger charge is 2.05. The molecule has 12 heavy (non-hydrogen) atoms. The van der Waals surface area contributed by atoms with Crippen molar-refractivity contribution < 1.29 is 4.79 Å². The van der Waals surface area contributed by atoms with Gasteiger partial charge >= 0.3 is 0 Å². The molecule has 1 aromatic rings. The van der Waals surface area contributed by atoms with Gasteiger partial charge in [-0.1, -0.05) is 13.0 Å². The van der Waals surface area contributed by atoms with Crippen LogP contribution in [-0.2, 0) is 0 Å². The Labute approximate surface area is 77.4 Å². The fraction of sp³-hybridized carbons (Fsp3) is 0.375. The SMILES string of the molecule is Bc1ccc(C(=O)NCCC)s1. The van der Waals surface area contributed by atoms with Crippen LogP contribution in [0.2, 0.25) is 0 Å². The van der Waals surface area contributed by atoms with Crippen molar-refractivity contribution in [2.45, 2.75) is 13.3 Å². The van der Waals surface area contributed by atoms with Gasteiger partial charge in [-0.05, 0) is 17.3 Å². The Morgan fingerprint density at radius 1 is 1.67 bits per heavy atom. The van der Waals surface area contributed by atoms with Crippen molar-refractivity contribution in [3.05, 3.63) is 17.0 Å². The predicted molar refractivity (Wildman–Crippen MR) is 55.1 cm³/mol. The van der Waals surface area contributed by atoms with E-state index >= 15 is 0 Å². The minimum Gasteiger partial charge on any atom is -0.351 e. The first-order chi connectivity index (χ1) is 5.74. The Bertz CT molecular complexity index is 272. The standard InChI is InChI=1S/C8H12BNOS/c1-2-5-10-8(11)6-3-4-7(9)12-6/h3-4H,2,5,9H2,1H3,(H,10,11). The first-order valence-electron chi connectivity index (χ1n) is 4.08. The number of rotatable bonds is 3. The summed E-state index contributed by atoms with van der Waals surface area (Å²) in [6.45, 7) is 2.80. The van der Waals surface area contributed by atoms with E-state index in [2.05, 4.69) is 5.32 Å². The highest BCUT2D eigenvalue weighted by Crippen LogP contribution is 2.04. The number of carbonyl (C=O) groups excluding carboxylic acids is 1. The largest absolute Gasteiger partial charge is 0.351 e. The molecule has 0 aliphatic heterocycles. The fourth-order valence-corrected chi connectivity index (χ4v) is 1.67. The van der Waals surface area contributed by atoms with E-state index in [-0.39, 0.29) is 5.91 Å². The predicted octanol–water partition coefficient (Wildman–Crippen LogP) is 0.146. The van der Waals surface area contributed by atoms with Crippen LogP contribution in [0.15, 0.2) is 12.1 Å². The normalized spacial score (nSPS) is 9.75. The Kier molecular flexibility index (Phi) is 3.35. The lowest BCUT2D eigenvalue weighted by Crippen LogP contribution is -2.22. The molecule has 1 rings (SSSR count). The first kappa shape index (κ1) is 9.32. The maximum absolute atomic E-state index is 11.3. The topological polar surface area (TPSA) is 29.1 Å². The van der Waals surface area contributed by atoms with E-state index in [1.807, 2.05) is 26.9 Å². The van der Waals surface area contributed by atoms with Crippen molar-refractivity contribution in [3.8, 4) is 0 Å². The van der Waals surface area contributed by atoms with Crippen LogP contribution in [-0.4, -0.2) is 20.3 Å².